The molecule has 3 heterocycles. The van der Waals surface area contributed by atoms with Gasteiger partial charge in [0.05, 0.1) is 19.5 Å². The predicted molar refractivity (Wildman–Crippen MR) is 176 cm³/mol. The fourth-order valence-corrected chi connectivity index (χ4v) is 6.94. The van der Waals surface area contributed by atoms with Gasteiger partial charge in [-0.25, -0.2) is 0 Å². The van der Waals surface area contributed by atoms with Gasteiger partial charge < -0.3 is 29.9 Å². The maximum absolute atomic E-state index is 13.8. The third kappa shape index (κ3) is 7.77. The summed E-state index contributed by atoms with van der Waals surface area (Å²) in [6, 6.07) is 20.4. The number of hydrogen-bond acceptors (Lipinski definition) is 8. The van der Waals surface area contributed by atoms with Gasteiger partial charge in [-0.1, -0.05) is 48.5 Å². The lowest BCUT2D eigenvalue weighted by Crippen LogP contribution is -2.52. The second-order valence-electron chi connectivity index (χ2n) is 12.6. The van der Waals surface area contributed by atoms with Crippen molar-refractivity contribution >= 4 is 28.5 Å². The van der Waals surface area contributed by atoms with Crippen LogP contribution in [-0.4, -0.2) is 90.6 Å². The summed E-state index contributed by atoms with van der Waals surface area (Å²) in [7, 11) is 0. The lowest BCUT2D eigenvalue weighted by Gasteiger charge is -2.41. The average Bonchev–Trinajstić information content (AvgIpc) is 3.58. The molecule has 1 unspecified atom stereocenters. The van der Waals surface area contributed by atoms with Crippen molar-refractivity contribution in [3.63, 3.8) is 0 Å². The second-order valence-corrected chi connectivity index (χ2v) is 12.6. The zero-order chi connectivity index (χ0) is 32.8. The van der Waals surface area contributed by atoms with Gasteiger partial charge in [-0.2, -0.15) is 5.26 Å². The highest BCUT2D eigenvalue weighted by Crippen LogP contribution is 2.34. The molecule has 2 saturated heterocycles. The zero-order valence-corrected chi connectivity index (χ0v) is 26.8. The van der Waals surface area contributed by atoms with E-state index in [0.717, 1.165) is 31.5 Å². The summed E-state index contributed by atoms with van der Waals surface area (Å²) >= 11 is 0. The standard InChI is InChI=1S/C36H42N6O5/c1-25(30-8-4-6-27-5-2-3-7-31(27)30)41-17-13-29(14-18-41)42(36(45)20-26-9-10-32-33(19-26)47-24-46-32)22-35(44)38-21-34(43)39-28-11-15-40(23-37)16-12-28/h2-10,19,25,28-29H,11-18,20-22,24H2,1H3,(H,38,44)(H,39,43). The third-order valence-corrected chi connectivity index (χ3v) is 9.64. The molecule has 0 spiro atoms. The quantitative estimate of drug-likeness (QED) is 0.324. The first-order valence-electron chi connectivity index (χ1n) is 16.5. The van der Waals surface area contributed by atoms with Crippen molar-refractivity contribution in [2.24, 2.45) is 0 Å². The summed E-state index contributed by atoms with van der Waals surface area (Å²) in [6.07, 6.45) is 5.10. The van der Waals surface area contributed by atoms with E-state index in [9.17, 15) is 14.4 Å². The van der Waals surface area contributed by atoms with Crippen LogP contribution in [0.3, 0.4) is 0 Å². The van der Waals surface area contributed by atoms with Gasteiger partial charge in [0.2, 0.25) is 24.5 Å². The van der Waals surface area contributed by atoms with Crippen LogP contribution in [-0.2, 0) is 20.8 Å². The number of amides is 3. The Hall–Kier alpha value is -4.82. The maximum atomic E-state index is 13.8. The normalized spacial score (nSPS) is 17.6. The lowest BCUT2D eigenvalue weighted by atomic mass is 9.95. The first-order chi connectivity index (χ1) is 22.9. The van der Waals surface area contributed by atoms with E-state index >= 15 is 0 Å². The SMILES string of the molecule is CC(c1cccc2ccccc12)N1CCC(N(CC(=O)NCC(=O)NC2CCN(C#N)CC2)C(=O)Cc2ccc3c(c2)OCO3)CC1. The van der Waals surface area contributed by atoms with Crippen LogP contribution in [0.1, 0.15) is 49.8 Å². The monoisotopic (exact) mass is 638 g/mol. The number of piperidine rings is 2. The number of likely N-dealkylation sites (tertiary alicyclic amines) is 2. The molecule has 3 aromatic carbocycles. The Morgan fingerprint density at radius 1 is 0.936 bits per heavy atom. The molecule has 0 aromatic heterocycles. The van der Waals surface area contributed by atoms with Crippen LogP contribution in [0.2, 0.25) is 0 Å². The Kier molecular flexibility index (Phi) is 10.1. The highest BCUT2D eigenvalue weighted by atomic mass is 16.7. The van der Waals surface area contributed by atoms with Crippen LogP contribution in [0.15, 0.2) is 60.7 Å². The number of hydrogen-bond donors (Lipinski definition) is 2. The van der Waals surface area contributed by atoms with Gasteiger partial charge in [-0.05, 0) is 66.6 Å². The van der Waals surface area contributed by atoms with E-state index in [1.165, 1.54) is 16.3 Å². The van der Waals surface area contributed by atoms with Crippen molar-refractivity contribution in [1.82, 2.24) is 25.3 Å². The average molecular weight is 639 g/mol. The van der Waals surface area contributed by atoms with E-state index in [2.05, 4.69) is 71.1 Å². The molecule has 0 radical (unpaired) electrons. The Bertz CT molecular complexity index is 1640. The highest BCUT2D eigenvalue weighted by molar-refractivity contribution is 5.89. The van der Waals surface area contributed by atoms with Crippen molar-refractivity contribution in [2.75, 3.05) is 46.1 Å². The number of fused-ring (bicyclic) bond motifs is 2. The Balaban J connectivity index is 1.09. The minimum Gasteiger partial charge on any atom is -0.454 e. The summed E-state index contributed by atoms with van der Waals surface area (Å²) in [4.78, 5) is 45.5. The smallest absolute Gasteiger partial charge is 0.240 e. The summed E-state index contributed by atoms with van der Waals surface area (Å²) in [5.74, 6) is 0.472. The van der Waals surface area contributed by atoms with E-state index in [1.807, 2.05) is 12.1 Å². The number of nitriles is 1. The molecular weight excluding hydrogens is 596 g/mol. The second kappa shape index (κ2) is 14.7. The minimum absolute atomic E-state index is 0.0229. The number of nitrogens with one attached hydrogen (secondary N) is 2. The molecule has 3 aromatic rings. The number of benzene rings is 3. The van der Waals surface area contributed by atoms with E-state index in [4.69, 9.17) is 14.7 Å². The van der Waals surface area contributed by atoms with Crippen molar-refractivity contribution in [1.29, 1.82) is 5.26 Å². The molecule has 3 amide bonds. The minimum atomic E-state index is -0.370. The fourth-order valence-electron chi connectivity index (χ4n) is 6.94. The van der Waals surface area contributed by atoms with Crippen LogP contribution < -0.4 is 20.1 Å². The van der Waals surface area contributed by atoms with E-state index < -0.39 is 0 Å². The number of carbonyl (C=O) groups excluding carboxylic acids is 3. The van der Waals surface area contributed by atoms with Crippen molar-refractivity contribution in [3.05, 3.63) is 71.8 Å². The summed E-state index contributed by atoms with van der Waals surface area (Å²) in [5.41, 5.74) is 2.07. The molecule has 0 bridgehead atoms. The van der Waals surface area contributed by atoms with Gasteiger partial charge >= 0.3 is 0 Å². The summed E-state index contributed by atoms with van der Waals surface area (Å²) in [5, 5.41) is 17.2. The van der Waals surface area contributed by atoms with Crippen molar-refractivity contribution < 1.29 is 23.9 Å². The molecule has 0 aliphatic carbocycles. The topological polar surface area (TPSA) is 127 Å². The largest absolute Gasteiger partial charge is 0.454 e. The third-order valence-electron chi connectivity index (χ3n) is 9.64. The van der Waals surface area contributed by atoms with Gasteiger partial charge in [0, 0.05) is 44.3 Å². The predicted octanol–water partition coefficient (Wildman–Crippen LogP) is 3.34. The molecule has 3 aliphatic rings. The van der Waals surface area contributed by atoms with Crippen LogP contribution in [0.5, 0.6) is 11.5 Å². The van der Waals surface area contributed by atoms with E-state index in [1.54, 1.807) is 15.9 Å². The first kappa shape index (κ1) is 32.1. The van der Waals surface area contributed by atoms with Crippen molar-refractivity contribution in [2.45, 2.75) is 57.2 Å². The molecule has 11 heteroatoms. The first-order valence-corrected chi connectivity index (χ1v) is 16.5. The summed E-state index contributed by atoms with van der Waals surface area (Å²) < 4.78 is 10.9. The number of rotatable bonds is 10. The summed E-state index contributed by atoms with van der Waals surface area (Å²) in [6.45, 7) is 4.89. The molecule has 2 fully saturated rings. The highest BCUT2D eigenvalue weighted by Gasteiger charge is 2.32. The number of nitrogens with zero attached hydrogens (tertiary/aromatic N) is 4. The maximum Gasteiger partial charge on any atom is 0.240 e. The van der Waals surface area contributed by atoms with Crippen LogP contribution >= 0.6 is 0 Å². The fraction of sp³-hybridized carbons (Fsp3) is 0.444. The Morgan fingerprint density at radius 3 is 2.47 bits per heavy atom. The van der Waals surface area contributed by atoms with Crippen LogP contribution in [0.4, 0.5) is 0 Å². The Morgan fingerprint density at radius 2 is 1.68 bits per heavy atom. The molecule has 6 rings (SSSR count). The van der Waals surface area contributed by atoms with Gasteiger partial charge in [0.25, 0.3) is 0 Å². The van der Waals surface area contributed by atoms with Crippen molar-refractivity contribution in [3.8, 4) is 17.7 Å². The number of ether oxygens (including phenoxy) is 2. The van der Waals surface area contributed by atoms with Gasteiger partial charge in [-0.3, -0.25) is 19.3 Å². The molecule has 3 aliphatic heterocycles. The van der Waals surface area contributed by atoms with Gasteiger partial charge in [0.1, 0.15) is 0 Å². The van der Waals surface area contributed by atoms with Gasteiger partial charge in [0.15, 0.2) is 17.7 Å². The molecular formula is C36H42N6O5. The van der Waals surface area contributed by atoms with Gasteiger partial charge in [-0.15, -0.1) is 0 Å². The molecule has 246 valence electrons. The molecule has 11 nitrogen and oxygen atoms in total. The Labute approximate surface area is 275 Å². The lowest BCUT2D eigenvalue weighted by molar-refractivity contribution is -0.139. The van der Waals surface area contributed by atoms with E-state index in [0.29, 0.717) is 37.4 Å². The van der Waals surface area contributed by atoms with E-state index in [-0.39, 0.29) is 62.2 Å². The van der Waals surface area contributed by atoms with Crippen LogP contribution in [0.25, 0.3) is 10.8 Å². The number of carbonyl (C=O) groups is 3. The zero-order valence-electron chi connectivity index (χ0n) is 26.8. The molecule has 2 N–H and O–H groups in total. The van der Waals surface area contributed by atoms with Crippen LogP contribution in [0, 0.1) is 11.5 Å². The molecule has 0 saturated carbocycles. The molecule has 1 atom stereocenters. The molecule has 47 heavy (non-hydrogen) atoms.